The monoisotopic (exact) mass is 332 g/mol. The largest absolute Gasteiger partial charge is 0.420 e. The van der Waals surface area contributed by atoms with Crippen molar-refractivity contribution in [3.05, 3.63) is 59.8 Å². The zero-order valence-electron chi connectivity index (χ0n) is 12.9. The number of aryl methyl sites for hydroxylation is 1. The van der Waals surface area contributed by atoms with E-state index in [4.69, 9.17) is 5.73 Å². The summed E-state index contributed by atoms with van der Waals surface area (Å²) in [5.41, 5.74) is 7.41. The van der Waals surface area contributed by atoms with Crippen LogP contribution in [-0.4, -0.2) is 14.8 Å². The molecule has 0 saturated carbocycles. The number of halogens is 3. The van der Waals surface area contributed by atoms with Crippen molar-refractivity contribution in [2.75, 3.05) is 5.73 Å². The van der Waals surface area contributed by atoms with Crippen LogP contribution in [0, 0.1) is 0 Å². The van der Waals surface area contributed by atoms with E-state index in [0.717, 1.165) is 28.3 Å². The SMILES string of the molecule is CCc1cccc(-c2cc(N)n(-c3ncccc3C(F)(F)F)n2)c1. The quantitative estimate of drug-likeness (QED) is 0.786. The van der Waals surface area contributed by atoms with Gasteiger partial charge in [-0.1, -0.05) is 25.1 Å². The van der Waals surface area contributed by atoms with Gasteiger partial charge in [0, 0.05) is 17.8 Å². The third-order valence-corrected chi connectivity index (χ3v) is 3.66. The maximum Gasteiger partial charge on any atom is 0.420 e. The van der Waals surface area contributed by atoms with Crippen molar-refractivity contribution < 1.29 is 13.2 Å². The first-order valence-electron chi connectivity index (χ1n) is 7.37. The van der Waals surface area contributed by atoms with Crippen LogP contribution in [-0.2, 0) is 12.6 Å². The summed E-state index contributed by atoms with van der Waals surface area (Å²) in [4.78, 5) is 3.82. The molecule has 2 aromatic heterocycles. The first-order valence-corrected chi connectivity index (χ1v) is 7.37. The molecule has 0 spiro atoms. The van der Waals surface area contributed by atoms with Crippen molar-refractivity contribution >= 4 is 5.82 Å². The Kier molecular flexibility index (Phi) is 4.01. The fourth-order valence-corrected chi connectivity index (χ4v) is 2.44. The van der Waals surface area contributed by atoms with Gasteiger partial charge in [-0.25, -0.2) is 4.98 Å². The standard InChI is InChI=1S/C17H15F3N4/c1-2-11-5-3-6-12(9-11)14-10-15(21)24(23-14)16-13(17(18,19)20)7-4-8-22-16/h3-10H,2,21H2,1H3. The summed E-state index contributed by atoms with van der Waals surface area (Å²) in [6.07, 6.45) is -2.41. The van der Waals surface area contributed by atoms with Crippen molar-refractivity contribution in [2.45, 2.75) is 19.5 Å². The second kappa shape index (κ2) is 5.99. The molecule has 0 fully saturated rings. The maximum absolute atomic E-state index is 13.2. The number of hydrogen-bond acceptors (Lipinski definition) is 3. The molecule has 24 heavy (non-hydrogen) atoms. The molecule has 0 saturated heterocycles. The Morgan fingerprint density at radius 3 is 2.62 bits per heavy atom. The van der Waals surface area contributed by atoms with Crippen molar-refractivity contribution in [1.29, 1.82) is 0 Å². The van der Waals surface area contributed by atoms with Crippen LogP contribution in [0.1, 0.15) is 18.1 Å². The van der Waals surface area contributed by atoms with E-state index in [0.29, 0.717) is 5.69 Å². The average Bonchev–Trinajstić information content (AvgIpc) is 2.96. The van der Waals surface area contributed by atoms with Gasteiger partial charge >= 0.3 is 6.18 Å². The van der Waals surface area contributed by atoms with E-state index >= 15 is 0 Å². The first-order chi connectivity index (χ1) is 11.4. The van der Waals surface area contributed by atoms with Gasteiger partial charge in [-0.15, -0.1) is 0 Å². The number of nitrogen functional groups attached to an aromatic ring is 1. The number of aromatic nitrogens is 3. The molecule has 0 aliphatic heterocycles. The van der Waals surface area contributed by atoms with Crippen LogP contribution < -0.4 is 5.73 Å². The Morgan fingerprint density at radius 2 is 1.92 bits per heavy atom. The van der Waals surface area contributed by atoms with Gasteiger partial charge in [0.2, 0.25) is 0 Å². The van der Waals surface area contributed by atoms with E-state index in [-0.39, 0.29) is 11.6 Å². The topological polar surface area (TPSA) is 56.7 Å². The highest BCUT2D eigenvalue weighted by Gasteiger charge is 2.35. The van der Waals surface area contributed by atoms with Crippen LogP contribution in [0.2, 0.25) is 0 Å². The van der Waals surface area contributed by atoms with Crippen LogP contribution in [0.4, 0.5) is 19.0 Å². The fourth-order valence-electron chi connectivity index (χ4n) is 2.44. The third-order valence-electron chi connectivity index (χ3n) is 3.66. The van der Waals surface area contributed by atoms with E-state index in [2.05, 4.69) is 10.1 Å². The summed E-state index contributed by atoms with van der Waals surface area (Å²) in [6, 6.07) is 11.4. The highest BCUT2D eigenvalue weighted by molar-refractivity contribution is 5.64. The smallest absolute Gasteiger partial charge is 0.384 e. The van der Waals surface area contributed by atoms with Gasteiger partial charge in [-0.2, -0.15) is 23.0 Å². The number of nitrogens with zero attached hydrogens (tertiary/aromatic N) is 3. The summed E-state index contributed by atoms with van der Waals surface area (Å²) >= 11 is 0. The Morgan fingerprint density at radius 1 is 1.12 bits per heavy atom. The van der Waals surface area contributed by atoms with Gasteiger partial charge in [0.1, 0.15) is 11.4 Å². The predicted molar refractivity (Wildman–Crippen MR) is 85.6 cm³/mol. The number of rotatable bonds is 3. The summed E-state index contributed by atoms with van der Waals surface area (Å²) in [7, 11) is 0. The highest BCUT2D eigenvalue weighted by atomic mass is 19.4. The molecule has 2 heterocycles. The van der Waals surface area contributed by atoms with Gasteiger partial charge < -0.3 is 5.73 Å². The molecule has 0 bridgehead atoms. The lowest BCUT2D eigenvalue weighted by Gasteiger charge is -2.12. The van der Waals surface area contributed by atoms with E-state index in [1.165, 1.54) is 12.3 Å². The summed E-state index contributed by atoms with van der Waals surface area (Å²) < 4.78 is 40.5. The van der Waals surface area contributed by atoms with Gasteiger partial charge in [-0.05, 0) is 30.2 Å². The van der Waals surface area contributed by atoms with Gasteiger partial charge in [0.15, 0.2) is 5.82 Å². The van der Waals surface area contributed by atoms with Crippen molar-refractivity contribution in [2.24, 2.45) is 0 Å². The first kappa shape index (κ1) is 16.0. The molecule has 0 unspecified atom stereocenters. The second-order valence-electron chi connectivity index (χ2n) is 5.29. The van der Waals surface area contributed by atoms with Crippen LogP contribution in [0.5, 0.6) is 0 Å². The van der Waals surface area contributed by atoms with E-state index in [1.807, 2.05) is 31.2 Å². The number of pyridine rings is 1. The molecule has 2 N–H and O–H groups in total. The Hall–Kier alpha value is -2.83. The second-order valence-corrected chi connectivity index (χ2v) is 5.29. The zero-order chi connectivity index (χ0) is 17.3. The van der Waals surface area contributed by atoms with Crippen LogP contribution in [0.25, 0.3) is 17.1 Å². The molecule has 0 amide bonds. The van der Waals surface area contributed by atoms with Crippen molar-refractivity contribution in [3.63, 3.8) is 0 Å². The molecule has 7 heteroatoms. The molecule has 0 aliphatic rings. The predicted octanol–water partition coefficient (Wildman–Crippen LogP) is 4.10. The van der Waals surface area contributed by atoms with E-state index in [1.54, 1.807) is 6.07 Å². The molecule has 124 valence electrons. The normalized spacial score (nSPS) is 11.7. The van der Waals surface area contributed by atoms with E-state index < -0.39 is 11.7 Å². The number of benzene rings is 1. The average molecular weight is 332 g/mol. The molecule has 4 nitrogen and oxygen atoms in total. The van der Waals surface area contributed by atoms with Gasteiger partial charge in [0.05, 0.1) is 5.69 Å². The molecule has 0 radical (unpaired) electrons. The minimum atomic E-state index is -4.54. The Labute approximate surface area is 136 Å². The lowest BCUT2D eigenvalue weighted by molar-refractivity contribution is -0.137. The number of nitrogens with two attached hydrogens (primary N) is 1. The van der Waals surface area contributed by atoms with Crippen LogP contribution >= 0.6 is 0 Å². The number of anilines is 1. The van der Waals surface area contributed by atoms with Crippen molar-refractivity contribution in [1.82, 2.24) is 14.8 Å². The molecule has 3 aromatic rings. The zero-order valence-corrected chi connectivity index (χ0v) is 12.9. The maximum atomic E-state index is 13.2. The summed E-state index contributed by atoms with van der Waals surface area (Å²) in [5, 5.41) is 4.23. The Bertz CT molecular complexity index is 868. The number of alkyl halides is 3. The molecular weight excluding hydrogens is 317 g/mol. The minimum Gasteiger partial charge on any atom is -0.384 e. The summed E-state index contributed by atoms with van der Waals surface area (Å²) in [5.74, 6) is -0.239. The lowest BCUT2D eigenvalue weighted by atomic mass is 10.1. The highest BCUT2D eigenvalue weighted by Crippen LogP contribution is 2.34. The number of hydrogen-bond donors (Lipinski definition) is 1. The Balaban J connectivity index is 2.11. The minimum absolute atomic E-state index is 0.0936. The van der Waals surface area contributed by atoms with Crippen LogP contribution in [0.3, 0.4) is 0 Å². The molecule has 1 aromatic carbocycles. The molecular formula is C17H15F3N4. The van der Waals surface area contributed by atoms with Crippen LogP contribution in [0.15, 0.2) is 48.7 Å². The van der Waals surface area contributed by atoms with Gasteiger partial charge in [0.25, 0.3) is 0 Å². The molecule has 3 rings (SSSR count). The molecule has 0 aliphatic carbocycles. The van der Waals surface area contributed by atoms with Gasteiger partial charge in [-0.3, -0.25) is 0 Å². The third kappa shape index (κ3) is 2.97. The lowest BCUT2D eigenvalue weighted by Crippen LogP contribution is -2.14. The summed E-state index contributed by atoms with van der Waals surface area (Å²) in [6.45, 7) is 2.02. The van der Waals surface area contributed by atoms with E-state index in [9.17, 15) is 13.2 Å². The molecule has 0 atom stereocenters. The fraction of sp³-hybridized carbons (Fsp3) is 0.176. The van der Waals surface area contributed by atoms with Crippen molar-refractivity contribution in [3.8, 4) is 17.1 Å².